The van der Waals surface area contributed by atoms with E-state index >= 15 is 0 Å². The highest BCUT2D eigenvalue weighted by atomic mass is 16.6. The lowest BCUT2D eigenvalue weighted by atomic mass is 9.56. The van der Waals surface area contributed by atoms with Crippen molar-refractivity contribution in [2.75, 3.05) is 0 Å². The average molecular weight is 294 g/mol. The summed E-state index contributed by atoms with van der Waals surface area (Å²) in [6, 6.07) is 8.76. The Morgan fingerprint density at radius 3 is 2.95 bits per heavy atom. The van der Waals surface area contributed by atoms with Crippen molar-refractivity contribution in [2.24, 2.45) is 23.7 Å². The first kappa shape index (κ1) is 12.9. The molecule has 0 unspecified atom stereocenters. The summed E-state index contributed by atoms with van der Waals surface area (Å²) in [7, 11) is 0. The lowest BCUT2D eigenvalue weighted by Crippen LogP contribution is -2.48. The molecule has 2 saturated carbocycles. The Balaban J connectivity index is 1.66. The second-order valence-electron chi connectivity index (χ2n) is 7.64. The zero-order valence-electron chi connectivity index (χ0n) is 12.8. The van der Waals surface area contributed by atoms with Gasteiger partial charge in [-0.2, -0.15) is 0 Å². The number of esters is 1. The fourth-order valence-corrected chi connectivity index (χ4v) is 6.26. The van der Waals surface area contributed by atoms with Crippen molar-refractivity contribution in [2.45, 2.75) is 43.6 Å². The van der Waals surface area contributed by atoms with Gasteiger partial charge in [0.2, 0.25) is 0 Å². The van der Waals surface area contributed by atoms with E-state index < -0.39 is 0 Å². The van der Waals surface area contributed by atoms with E-state index in [-0.39, 0.29) is 17.5 Å². The molecule has 1 heterocycles. The topological polar surface area (TPSA) is 26.3 Å². The number of aryl methyl sites for hydroxylation is 1. The maximum atomic E-state index is 12.7. The fourth-order valence-electron chi connectivity index (χ4n) is 6.26. The van der Waals surface area contributed by atoms with Crippen molar-refractivity contribution >= 4 is 5.97 Å². The Morgan fingerprint density at radius 1 is 1.23 bits per heavy atom. The van der Waals surface area contributed by atoms with Crippen LogP contribution in [0.5, 0.6) is 0 Å². The summed E-state index contributed by atoms with van der Waals surface area (Å²) in [4.78, 5) is 12.7. The normalized spacial score (nSPS) is 44.7. The number of hydrogen-bond donors (Lipinski definition) is 0. The molecule has 6 atom stereocenters. The summed E-state index contributed by atoms with van der Waals surface area (Å²) in [5, 5.41) is 0. The largest absolute Gasteiger partial charge is 0.458 e. The van der Waals surface area contributed by atoms with Gasteiger partial charge in [-0.25, -0.2) is 0 Å². The Kier molecular flexibility index (Phi) is 2.49. The smallest absolute Gasteiger partial charge is 0.310 e. The number of ether oxygens (including phenoxy) is 1. The Hall–Kier alpha value is -1.57. The van der Waals surface area contributed by atoms with Crippen LogP contribution in [-0.4, -0.2) is 11.6 Å². The minimum absolute atomic E-state index is 0.0583. The van der Waals surface area contributed by atoms with Gasteiger partial charge in [-0.15, -0.1) is 6.58 Å². The Bertz CT molecular complexity index is 663. The van der Waals surface area contributed by atoms with E-state index in [9.17, 15) is 4.79 Å². The highest BCUT2D eigenvalue weighted by molar-refractivity contribution is 5.78. The number of fused-ring (bicyclic) bond motifs is 6. The van der Waals surface area contributed by atoms with Crippen molar-refractivity contribution in [3.8, 4) is 0 Å². The maximum absolute atomic E-state index is 12.7. The second-order valence-corrected chi connectivity index (χ2v) is 7.64. The Labute approximate surface area is 131 Å². The van der Waals surface area contributed by atoms with Crippen LogP contribution in [0.25, 0.3) is 0 Å². The molecule has 4 aliphatic rings. The van der Waals surface area contributed by atoms with E-state index in [0.29, 0.717) is 23.7 Å². The summed E-state index contributed by atoms with van der Waals surface area (Å²) in [6.45, 7) is 4.02. The minimum Gasteiger partial charge on any atom is -0.458 e. The number of carbonyl (C=O) groups excluding carboxylic acids is 1. The van der Waals surface area contributed by atoms with Gasteiger partial charge < -0.3 is 4.74 Å². The molecule has 5 rings (SSSR count). The zero-order chi connectivity index (χ0) is 14.9. The number of hydrogen-bond acceptors (Lipinski definition) is 2. The molecule has 0 N–H and O–H groups in total. The van der Waals surface area contributed by atoms with Gasteiger partial charge in [0.15, 0.2) is 0 Å². The molecule has 114 valence electrons. The van der Waals surface area contributed by atoms with Crippen molar-refractivity contribution in [1.29, 1.82) is 0 Å². The van der Waals surface area contributed by atoms with Gasteiger partial charge in [-0.3, -0.25) is 4.79 Å². The second kappa shape index (κ2) is 4.24. The van der Waals surface area contributed by atoms with E-state index in [0.717, 1.165) is 19.3 Å². The van der Waals surface area contributed by atoms with E-state index in [1.165, 1.54) is 24.0 Å². The standard InChI is InChI=1S/C20H22O2/c1-2-13-8-10-17-15-9-7-12-5-3-4-6-14(12)18(15)16-11-20(13,17)22-19(16)21/h2-6,13,15-18H,1,7-11H2/t13-,15+,16-,17+,18-,20-/m1/s1. The minimum atomic E-state index is -0.211. The van der Waals surface area contributed by atoms with Crippen molar-refractivity contribution in [1.82, 2.24) is 0 Å². The third kappa shape index (κ3) is 1.39. The lowest BCUT2D eigenvalue weighted by Gasteiger charge is -2.47. The highest BCUT2D eigenvalue weighted by Gasteiger charge is 2.67. The van der Waals surface area contributed by atoms with E-state index in [1.807, 2.05) is 6.08 Å². The summed E-state index contributed by atoms with van der Waals surface area (Å²) in [6.07, 6.45) is 7.67. The van der Waals surface area contributed by atoms with E-state index in [1.54, 1.807) is 0 Å². The lowest BCUT2D eigenvalue weighted by molar-refractivity contribution is -0.154. The molecule has 2 bridgehead atoms. The van der Waals surface area contributed by atoms with Gasteiger partial charge in [-0.1, -0.05) is 30.3 Å². The number of carbonyl (C=O) groups is 1. The molecule has 3 fully saturated rings. The third-order valence-electron chi connectivity index (χ3n) is 7.03. The van der Waals surface area contributed by atoms with Gasteiger partial charge in [0.25, 0.3) is 0 Å². The van der Waals surface area contributed by atoms with Crippen molar-refractivity contribution in [3.63, 3.8) is 0 Å². The molecule has 1 aliphatic heterocycles. The Morgan fingerprint density at radius 2 is 2.09 bits per heavy atom. The molecule has 0 radical (unpaired) electrons. The molecule has 1 spiro atoms. The maximum Gasteiger partial charge on any atom is 0.310 e. The van der Waals surface area contributed by atoms with Crippen LogP contribution in [0.15, 0.2) is 36.9 Å². The first-order valence-electron chi connectivity index (χ1n) is 8.68. The molecule has 3 aliphatic carbocycles. The first-order valence-corrected chi connectivity index (χ1v) is 8.68. The molecule has 2 nitrogen and oxygen atoms in total. The molecule has 0 amide bonds. The molecular formula is C20H22O2. The average Bonchev–Trinajstić information content (AvgIpc) is 3.05. The summed E-state index contributed by atoms with van der Waals surface area (Å²) >= 11 is 0. The molecule has 1 aromatic carbocycles. The van der Waals surface area contributed by atoms with Crippen LogP contribution in [-0.2, 0) is 16.0 Å². The highest BCUT2D eigenvalue weighted by Crippen LogP contribution is 2.65. The summed E-state index contributed by atoms with van der Waals surface area (Å²) in [5.41, 5.74) is 2.67. The van der Waals surface area contributed by atoms with Gasteiger partial charge in [0.1, 0.15) is 5.60 Å². The SMILES string of the molecule is C=C[C@@H]1CC[C@H]2[C@@H]3CCc4ccccc4[C@H]3[C@H]3C[C@@]12OC3=O. The number of rotatable bonds is 1. The van der Waals surface area contributed by atoms with Crippen LogP contribution in [0.2, 0.25) is 0 Å². The number of benzene rings is 1. The van der Waals surface area contributed by atoms with Gasteiger partial charge in [0.05, 0.1) is 5.92 Å². The molecule has 1 aromatic rings. The van der Waals surface area contributed by atoms with Crippen LogP contribution >= 0.6 is 0 Å². The van der Waals surface area contributed by atoms with Gasteiger partial charge in [0, 0.05) is 24.2 Å². The summed E-state index contributed by atoms with van der Waals surface area (Å²) < 4.78 is 6.10. The quantitative estimate of drug-likeness (QED) is 0.581. The van der Waals surface area contributed by atoms with Gasteiger partial charge in [-0.05, 0) is 42.7 Å². The van der Waals surface area contributed by atoms with Crippen LogP contribution in [0.4, 0.5) is 0 Å². The molecule has 0 aromatic heterocycles. The molecular weight excluding hydrogens is 272 g/mol. The molecule has 22 heavy (non-hydrogen) atoms. The summed E-state index contributed by atoms with van der Waals surface area (Å²) in [5.74, 6) is 2.04. The fraction of sp³-hybridized carbons (Fsp3) is 0.550. The van der Waals surface area contributed by atoms with E-state index in [4.69, 9.17) is 4.74 Å². The van der Waals surface area contributed by atoms with Crippen molar-refractivity contribution in [3.05, 3.63) is 48.0 Å². The van der Waals surface area contributed by atoms with Crippen LogP contribution in [0.1, 0.15) is 42.7 Å². The first-order chi connectivity index (χ1) is 10.7. The zero-order valence-corrected chi connectivity index (χ0v) is 12.8. The van der Waals surface area contributed by atoms with Gasteiger partial charge >= 0.3 is 5.97 Å². The van der Waals surface area contributed by atoms with Crippen molar-refractivity contribution < 1.29 is 9.53 Å². The van der Waals surface area contributed by atoms with Crippen LogP contribution in [0, 0.1) is 23.7 Å². The van der Waals surface area contributed by atoms with Crippen LogP contribution < -0.4 is 0 Å². The van der Waals surface area contributed by atoms with E-state index in [2.05, 4.69) is 30.8 Å². The predicted molar refractivity (Wildman–Crippen MR) is 84.3 cm³/mol. The third-order valence-corrected chi connectivity index (χ3v) is 7.03. The van der Waals surface area contributed by atoms with Crippen LogP contribution in [0.3, 0.4) is 0 Å². The monoisotopic (exact) mass is 294 g/mol. The predicted octanol–water partition coefficient (Wildman–Crippen LogP) is 3.86. The molecule has 1 saturated heterocycles. The molecule has 2 heteroatoms.